The molecule has 4 rings (SSSR count). The van der Waals surface area contributed by atoms with E-state index >= 15 is 0 Å². The number of aliphatic hydroxyl groups excluding tert-OH is 1. The van der Waals surface area contributed by atoms with Gasteiger partial charge in [0.25, 0.3) is 0 Å². The molecule has 0 aliphatic carbocycles. The molecular weight excluding hydrogens is 460 g/mol. The number of β-amino-alcohol motifs (C(OH)–C–C–N with tert-alkyl or cyclic N) is 1. The fraction of sp³-hybridized carbons (Fsp3) is 0.500. The Morgan fingerprint density at radius 2 is 1.83 bits per heavy atom. The molecule has 0 fully saturated rings. The summed E-state index contributed by atoms with van der Waals surface area (Å²) in [6.45, 7) is 10.2. The Kier molecular flexibility index (Phi) is 7.73. The van der Waals surface area contributed by atoms with Crippen LogP contribution in [0.4, 0.5) is 10.5 Å². The standard InChI is InChI=1S/C28H36N2O6/c1-19-23-11-13-29(27(33)36-28(2,3)4)12-10-21(23)16-24-25(19)30(14-15-34-24)17-22(31)18-35-26(32)20-8-6-5-7-9-20/h5-9,16,22,31H,10-15,17-18H2,1-4H3/t22-/m0/s1. The van der Waals surface area contributed by atoms with Crippen molar-refractivity contribution in [2.45, 2.75) is 52.2 Å². The highest BCUT2D eigenvalue weighted by atomic mass is 16.6. The van der Waals surface area contributed by atoms with Gasteiger partial charge < -0.3 is 29.1 Å². The van der Waals surface area contributed by atoms with Gasteiger partial charge in [0.1, 0.15) is 30.7 Å². The average molecular weight is 497 g/mol. The SMILES string of the molecule is Cc1c2c(cc3c1N(C[C@H](O)COC(=O)c1ccccc1)CCO3)CCN(C(=O)OC(C)(C)C)CC2. The van der Waals surface area contributed by atoms with Crippen LogP contribution in [0.15, 0.2) is 36.4 Å². The summed E-state index contributed by atoms with van der Waals surface area (Å²) in [6, 6.07) is 10.8. The van der Waals surface area contributed by atoms with Gasteiger partial charge in [0.05, 0.1) is 17.8 Å². The number of hydrogen-bond donors (Lipinski definition) is 1. The quantitative estimate of drug-likeness (QED) is 0.631. The van der Waals surface area contributed by atoms with Crippen LogP contribution in [-0.4, -0.2) is 73.2 Å². The highest BCUT2D eigenvalue weighted by molar-refractivity contribution is 5.89. The van der Waals surface area contributed by atoms with E-state index in [4.69, 9.17) is 14.2 Å². The van der Waals surface area contributed by atoms with Crippen molar-refractivity contribution in [1.82, 2.24) is 4.90 Å². The van der Waals surface area contributed by atoms with Crippen molar-refractivity contribution < 1.29 is 28.9 Å². The molecule has 0 saturated carbocycles. The number of hydrogen-bond acceptors (Lipinski definition) is 7. The van der Waals surface area contributed by atoms with E-state index in [1.54, 1.807) is 29.2 Å². The van der Waals surface area contributed by atoms with E-state index < -0.39 is 17.7 Å². The maximum Gasteiger partial charge on any atom is 0.410 e. The minimum absolute atomic E-state index is 0.0880. The number of anilines is 1. The van der Waals surface area contributed by atoms with E-state index in [0.717, 1.165) is 29.8 Å². The minimum Gasteiger partial charge on any atom is -0.490 e. The Morgan fingerprint density at radius 1 is 1.11 bits per heavy atom. The first kappa shape index (κ1) is 25.8. The number of rotatable bonds is 5. The Bertz CT molecular complexity index is 1100. The van der Waals surface area contributed by atoms with Crippen LogP contribution >= 0.6 is 0 Å². The lowest BCUT2D eigenvalue weighted by molar-refractivity contribution is 0.0256. The molecule has 1 N–H and O–H groups in total. The van der Waals surface area contributed by atoms with Gasteiger partial charge in [-0.25, -0.2) is 9.59 Å². The van der Waals surface area contributed by atoms with Gasteiger partial charge in [0, 0.05) is 19.6 Å². The van der Waals surface area contributed by atoms with Gasteiger partial charge >= 0.3 is 12.1 Å². The normalized spacial score (nSPS) is 16.2. The largest absolute Gasteiger partial charge is 0.490 e. The molecule has 0 radical (unpaired) electrons. The van der Waals surface area contributed by atoms with Gasteiger partial charge in [0.15, 0.2) is 0 Å². The number of fused-ring (bicyclic) bond motifs is 2. The van der Waals surface area contributed by atoms with Gasteiger partial charge in [-0.05, 0) is 75.4 Å². The van der Waals surface area contributed by atoms with Gasteiger partial charge in [0.2, 0.25) is 0 Å². The second-order valence-electron chi connectivity index (χ2n) is 10.4. The monoisotopic (exact) mass is 496 g/mol. The summed E-state index contributed by atoms with van der Waals surface area (Å²) >= 11 is 0. The molecule has 8 nitrogen and oxygen atoms in total. The molecule has 8 heteroatoms. The number of esters is 1. The highest BCUT2D eigenvalue weighted by Crippen LogP contribution is 2.40. The second-order valence-corrected chi connectivity index (χ2v) is 10.4. The summed E-state index contributed by atoms with van der Waals surface area (Å²) in [5.41, 5.74) is 4.37. The lowest BCUT2D eigenvalue weighted by Crippen LogP contribution is -2.41. The lowest BCUT2D eigenvalue weighted by atomic mass is 9.94. The van der Waals surface area contributed by atoms with E-state index in [1.165, 1.54) is 11.1 Å². The Morgan fingerprint density at radius 3 is 2.56 bits per heavy atom. The summed E-state index contributed by atoms with van der Waals surface area (Å²) in [4.78, 5) is 28.7. The number of nitrogens with zero attached hydrogens (tertiary/aromatic N) is 2. The van der Waals surface area contributed by atoms with Crippen molar-refractivity contribution in [3.8, 4) is 5.75 Å². The number of benzene rings is 2. The zero-order chi connectivity index (χ0) is 25.9. The predicted molar refractivity (Wildman–Crippen MR) is 137 cm³/mol. The highest BCUT2D eigenvalue weighted by Gasteiger charge is 2.29. The lowest BCUT2D eigenvalue weighted by Gasteiger charge is -2.35. The molecular formula is C28H36N2O6. The van der Waals surface area contributed by atoms with Crippen molar-refractivity contribution in [3.63, 3.8) is 0 Å². The van der Waals surface area contributed by atoms with E-state index in [0.29, 0.717) is 38.3 Å². The third kappa shape index (κ3) is 6.10. The van der Waals surface area contributed by atoms with Crippen LogP contribution < -0.4 is 9.64 Å². The third-order valence-electron chi connectivity index (χ3n) is 6.45. The van der Waals surface area contributed by atoms with E-state index in [-0.39, 0.29) is 12.7 Å². The van der Waals surface area contributed by atoms with E-state index in [9.17, 15) is 14.7 Å². The van der Waals surface area contributed by atoms with Crippen molar-refractivity contribution >= 4 is 17.7 Å². The van der Waals surface area contributed by atoms with Gasteiger partial charge in [-0.15, -0.1) is 0 Å². The number of carbonyl (C=O) groups is 2. The summed E-state index contributed by atoms with van der Waals surface area (Å²) < 4.78 is 16.9. The molecule has 2 aromatic rings. The topological polar surface area (TPSA) is 88.5 Å². The number of ether oxygens (including phenoxy) is 3. The first-order valence-electron chi connectivity index (χ1n) is 12.5. The summed E-state index contributed by atoms with van der Waals surface area (Å²) in [5, 5.41) is 10.7. The predicted octanol–water partition coefficient (Wildman–Crippen LogP) is 3.75. The van der Waals surface area contributed by atoms with Gasteiger partial charge in [-0.2, -0.15) is 0 Å². The molecule has 36 heavy (non-hydrogen) atoms. The van der Waals surface area contributed by atoms with Crippen LogP contribution in [-0.2, 0) is 22.3 Å². The molecule has 0 aromatic heterocycles. The van der Waals surface area contributed by atoms with Crippen LogP contribution in [0.3, 0.4) is 0 Å². The molecule has 0 unspecified atom stereocenters. The maximum atomic E-state index is 12.6. The Labute approximate surface area is 212 Å². The molecule has 2 aromatic carbocycles. The fourth-order valence-corrected chi connectivity index (χ4v) is 4.78. The second kappa shape index (κ2) is 10.8. The zero-order valence-corrected chi connectivity index (χ0v) is 21.6. The Balaban J connectivity index is 1.44. The number of carbonyl (C=O) groups excluding carboxylic acids is 2. The molecule has 2 aliphatic heterocycles. The number of amides is 1. The Hall–Kier alpha value is -3.26. The molecule has 0 bridgehead atoms. The van der Waals surface area contributed by atoms with Crippen LogP contribution in [0.2, 0.25) is 0 Å². The molecule has 1 atom stereocenters. The van der Waals surface area contributed by atoms with Crippen molar-refractivity contribution in [2.75, 3.05) is 44.3 Å². The van der Waals surface area contributed by atoms with Crippen molar-refractivity contribution in [3.05, 3.63) is 58.7 Å². The van der Waals surface area contributed by atoms with Gasteiger partial charge in [-0.1, -0.05) is 18.2 Å². The molecule has 194 valence electrons. The van der Waals surface area contributed by atoms with Gasteiger partial charge in [-0.3, -0.25) is 0 Å². The minimum atomic E-state index is -0.843. The van der Waals surface area contributed by atoms with Crippen LogP contribution in [0.25, 0.3) is 0 Å². The molecule has 2 aliphatic rings. The van der Waals surface area contributed by atoms with E-state index in [2.05, 4.69) is 17.9 Å². The van der Waals surface area contributed by atoms with Crippen LogP contribution in [0.1, 0.15) is 47.8 Å². The molecule has 0 spiro atoms. The summed E-state index contributed by atoms with van der Waals surface area (Å²) in [5.74, 6) is 0.338. The average Bonchev–Trinajstić information content (AvgIpc) is 3.05. The fourth-order valence-electron chi connectivity index (χ4n) is 4.78. The summed E-state index contributed by atoms with van der Waals surface area (Å²) in [6.07, 6.45) is 0.316. The van der Waals surface area contributed by atoms with Crippen molar-refractivity contribution in [1.29, 1.82) is 0 Å². The van der Waals surface area contributed by atoms with Crippen LogP contribution in [0.5, 0.6) is 5.75 Å². The smallest absolute Gasteiger partial charge is 0.410 e. The first-order valence-corrected chi connectivity index (χ1v) is 12.5. The van der Waals surface area contributed by atoms with Crippen LogP contribution in [0, 0.1) is 6.92 Å². The first-order chi connectivity index (χ1) is 17.1. The summed E-state index contributed by atoms with van der Waals surface area (Å²) in [7, 11) is 0. The third-order valence-corrected chi connectivity index (χ3v) is 6.45. The maximum absolute atomic E-state index is 12.6. The van der Waals surface area contributed by atoms with E-state index in [1.807, 2.05) is 26.8 Å². The molecule has 0 saturated heterocycles. The molecule has 1 amide bonds. The molecule has 2 heterocycles. The van der Waals surface area contributed by atoms with Crippen molar-refractivity contribution in [2.24, 2.45) is 0 Å². The zero-order valence-electron chi connectivity index (χ0n) is 21.6. The number of aliphatic hydroxyl groups is 1.